The number of hydrogen-bond donors (Lipinski definition) is 4. The Morgan fingerprint density at radius 2 is 1.97 bits per heavy atom. The van der Waals surface area contributed by atoms with Crippen LogP contribution in [0, 0.1) is 13.8 Å². The number of carbonyl (C=O) groups is 2. The Bertz CT molecular complexity index is 1140. The minimum absolute atomic E-state index is 0.0212. The number of rotatable bonds is 7. The number of carboxylic acids is 1. The van der Waals surface area contributed by atoms with E-state index in [0.717, 1.165) is 33.6 Å². The highest BCUT2D eigenvalue weighted by atomic mass is 16.4. The lowest BCUT2D eigenvalue weighted by Crippen LogP contribution is -2.22. The Morgan fingerprint density at radius 3 is 2.53 bits per heavy atom. The lowest BCUT2D eigenvalue weighted by atomic mass is 10.1. The Labute approximate surface area is 173 Å². The molecule has 2 aromatic heterocycles. The van der Waals surface area contributed by atoms with Crippen LogP contribution < -0.4 is 5.32 Å². The average molecular weight is 405 g/mol. The van der Waals surface area contributed by atoms with Crippen molar-refractivity contribution in [3.8, 4) is 11.3 Å². The van der Waals surface area contributed by atoms with Crippen molar-refractivity contribution in [2.45, 2.75) is 27.2 Å². The van der Waals surface area contributed by atoms with Crippen molar-refractivity contribution in [2.24, 2.45) is 4.99 Å². The number of carboxylic acid groups (broad SMARTS) is 1. The number of allylic oxidation sites excluding steroid dienone is 1. The molecule has 0 bridgehead atoms. The highest BCUT2D eigenvalue weighted by molar-refractivity contribution is 5.95. The molecule has 154 valence electrons. The molecule has 0 fully saturated rings. The number of carbonyl (C=O) groups excluding carboxylic acids is 1. The maximum atomic E-state index is 12.5. The maximum Gasteiger partial charge on any atom is 0.307 e. The molecule has 3 rings (SSSR count). The van der Waals surface area contributed by atoms with Crippen LogP contribution in [0.3, 0.4) is 0 Å². The van der Waals surface area contributed by atoms with Gasteiger partial charge in [0, 0.05) is 22.5 Å². The molecule has 0 radical (unpaired) electrons. The number of nitrogens with zero attached hydrogens (tertiary/aromatic N) is 2. The van der Waals surface area contributed by atoms with E-state index < -0.39 is 5.97 Å². The van der Waals surface area contributed by atoms with Crippen LogP contribution >= 0.6 is 0 Å². The molecule has 0 atom stereocenters. The summed E-state index contributed by atoms with van der Waals surface area (Å²) in [7, 11) is 0. The zero-order valence-electron chi connectivity index (χ0n) is 17.0. The van der Waals surface area contributed by atoms with Crippen LogP contribution in [0.25, 0.3) is 17.3 Å². The van der Waals surface area contributed by atoms with E-state index in [4.69, 9.17) is 5.11 Å². The fourth-order valence-corrected chi connectivity index (χ4v) is 3.05. The zero-order valence-corrected chi connectivity index (χ0v) is 17.0. The van der Waals surface area contributed by atoms with Gasteiger partial charge in [0.15, 0.2) is 0 Å². The Kier molecular flexibility index (Phi) is 5.96. The minimum atomic E-state index is -0.869. The third-order valence-corrected chi connectivity index (χ3v) is 4.77. The van der Waals surface area contributed by atoms with Gasteiger partial charge < -0.3 is 15.4 Å². The number of nitrogens with one attached hydrogen (secondary N) is 3. The van der Waals surface area contributed by atoms with Gasteiger partial charge in [0.25, 0.3) is 5.91 Å². The molecule has 0 aliphatic rings. The van der Waals surface area contributed by atoms with Crippen molar-refractivity contribution in [2.75, 3.05) is 0 Å². The number of aromatic amines is 2. The van der Waals surface area contributed by atoms with Crippen LogP contribution in [-0.2, 0) is 11.2 Å². The van der Waals surface area contributed by atoms with Crippen molar-refractivity contribution in [1.82, 2.24) is 20.5 Å². The van der Waals surface area contributed by atoms with Gasteiger partial charge in [-0.2, -0.15) is 5.10 Å². The zero-order chi connectivity index (χ0) is 21.8. The van der Waals surface area contributed by atoms with Crippen LogP contribution in [0.1, 0.15) is 39.8 Å². The summed E-state index contributed by atoms with van der Waals surface area (Å²) in [4.78, 5) is 30.5. The van der Waals surface area contributed by atoms with Crippen molar-refractivity contribution >= 4 is 30.5 Å². The number of amides is 1. The van der Waals surface area contributed by atoms with E-state index in [9.17, 15) is 9.59 Å². The van der Waals surface area contributed by atoms with Crippen LogP contribution in [0.5, 0.6) is 0 Å². The number of aliphatic carboxylic acids is 1. The fourth-order valence-electron chi connectivity index (χ4n) is 3.05. The maximum absolute atomic E-state index is 12.5. The molecule has 0 aliphatic carbocycles. The van der Waals surface area contributed by atoms with Gasteiger partial charge in [0.1, 0.15) is 11.5 Å². The van der Waals surface area contributed by atoms with Gasteiger partial charge in [-0.05, 0) is 50.8 Å². The van der Waals surface area contributed by atoms with E-state index in [0.29, 0.717) is 17.2 Å². The Hall–Kier alpha value is -3.94. The molecule has 1 amide bonds. The third-order valence-electron chi connectivity index (χ3n) is 4.77. The second-order valence-electron chi connectivity index (χ2n) is 7.00. The first-order chi connectivity index (χ1) is 14.3. The molecule has 30 heavy (non-hydrogen) atoms. The van der Waals surface area contributed by atoms with Crippen LogP contribution in [0.4, 0.5) is 5.82 Å². The van der Waals surface area contributed by atoms with E-state index in [2.05, 4.69) is 32.2 Å². The summed E-state index contributed by atoms with van der Waals surface area (Å²) in [6, 6.07) is 9.16. The molecule has 0 spiro atoms. The SMILES string of the molecule is C=Nc1[nH]c(-c2ccc(CC(=O)O)cc2)cc1/C=C(\C)NC(=O)c1[nH]nc(C)c1C. The van der Waals surface area contributed by atoms with E-state index in [1.165, 1.54) is 0 Å². The molecule has 2 heterocycles. The summed E-state index contributed by atoms with van der Waals surface area (Å²) in [5.41, 5.74) is 5.85. The number of aromatic nitrogens is 3. The molecule has 8 heteroatoms. The molecule has 1 aromatic carbocycles. The van der Waals surface area contributed by atoms with Gasteiger partial charge in [0.2, 0.25) is 0 Å². The third kappa shape index (κ3) is 4.54. The van der Waals surface area contributed by atoms with Crippen LogP contribution in [0.2, 0.25) is 0 Å². The van der Waals surface area contributed by atoms with Gasteiger partial charge in [-0.1, -0.05) is 24.3 Å². The molecular weight excluding hydrogens is 382 g/mol. The molecule has 4 N–H and O–H groups in total. The largest absolute Gasteiger partial charge is 0.481 e. The van der Waals surface area contributed by atoms with Gasteiger partial charge in [-0.3, -0.25) is 14.7 Å². The average Bonchev–Trinajstić information content (AvgIpc) is 3.25. The van der Waals surface area contributed by atoms with Crippen molar-refractivity contribution in [1.29, 1.82) is 0 Å². The second-order valence-corrected chi connectivity index (χ2v) is 7.00. The standard InChI is InChI=1S/C22H23N5O3/c1-12(24-22(30)20-13(2)14(3)26-27-20)9-17-11-18(25-21(17)23-4)16-7-5-15(6-8-16)10-19(28)29/h5-9,11,25H,4,10H2,1-3H3,(H,24,30)(H,26,27)(H,28,29)/b12-9+. The number of aryl methyl sites for hydroxylation is 1. The minimum Gasteiger partial charge on any atom is -0.481 e. The van der Waals surface area contributed by atoms with Gasteiger partial charge in [-0.25, -0.2) is 4.99 Å². The first-order valence-electron chi connectivity index (χ1n) is 9.30. The molecule has 0 saturated heterocycles. The van der Waals surface area contributed by atoms with E-state index in [1.54, 1.807) is 25.1 Å². The summed E-state index contributed by atoms with van der Waals surface area (Å²) in [5.74, 6) is -0.562. The Morgan fingerprint density at radius 1 is 1.27 bits per heavy atom. The van der Waals surface area contributed by atoms with E-state index >= 15 is 0 Å². The van der Waals surface area contributed by atoms with Crippen LogP contribution in [0.15, 0.2) is 41.0 Å². The molecule has 8 nitrogen and oxygen atoms in total. The highest BCUT2D eigenvalue weighted by Crippen LogP contribution is 2.28. The van der Waals surface area contributed by atoms with Crippen LogP contribution in [-0.4, -0.2) is 38.9 Å². The number of benzene rings is 1. The van der Waals surface area contributed by atoms with Gasteiger partial charge in [0.05, 0.1) is 12.1 Å². The summed E-state index contributed by atoms with van der Waals surface area (Å²) in [6.07, 6.45) is 1.78. The summed E-state index contributed by atoms with van der Waals surface area (Å²) >= 11 is 0. The quantitative estimate of drug-likeness (QED) is 0.447. The first-order valence-corrected chi connectivity index (χ1v) is 9.30. The number of H-pyrrole nitrogens is 2. The van der Waals surface area contributed by atoms with Gasteiger partial charge >= 0.3 is 5.97 Å². The summed E-state index contributed by atoms with van der Waals surface area (Å²) < 4.78 is 0. The molecule has 3 aromatic rings. The van der Waals surface area contributed by atoms with Crippen molar-refractivity contribution < 1.29 is 14.7 Å². The van der Waals surface area contributed by atoms with E-state index in [-0.39, 0.29) is 12.3 Å². The normalized spacial score (nSPS) is 11.4. The summed E-state index contributed by atoms with van der Waals surface area (Å²) in [6.45, 7) is 9.06. The number of aliphatic imine (C=N–C) groups is 1. The lowest BCUT2D eigenvalue weighted by Gasteiger charge is -2.04. The number of hydrogen-bond acceptors (Lipinski definition) is 4. The Balaban J connectivity index is 1.81. The monoisotopic (exact) mass is 405 g/mol. The molecule has 0 saturated carbocycles. The van der Waals surface area contributed by atoms with Crippen molar-refractivity contribution in [3.63, 3.8) is 0 Å². The summed E-state index contributed by atoms with van der Waals surface area (Å²) in [5, 5.41) is 18.5. The predicted octanol–water partition coefficient (Wildman–Crippen LogP) is 3.77. The first kappa shape index (κ1) is 20.8. The van der Waals surface area contributed by atoms with Gasteiger partial charge in [-0.15, -0.1) is 0 Å². The topological polar surface area (TPSA) is 123 Å². The molecular formula is C22H23N5O3. The smallest absolute Gasteiger partial charge is 0.307 e. The molecule has 0 aliphatic heterocycles. The highest BCUT2D eigenvalue weighted by Gasteiger charge is 2.14. The second kappa shape index (κ2) is 8.60. The lowest BCUT2D eigenvalue weighted by molar-refractivity contribution is -0.136. The fraction of sp³-hybridized carbons (Fsp3) is 0.182. The van der Waals surface area contributed by atoms with E-state index in [1.807, 2.05) is 32.0 Å². The van der Waals surface area contributed by atoms with Crippen molar-refractivity contribution in [3.05, 3.63) is 64.1 Å². The molecule has 0 unspecified atom stereocenters. The predicted molar refractivity (Wildman–Crippen MR) is 116 cm³/mol.